The maximum absolute atomic E-state index is 12.2. The Kier molecular flexibility index (Phi) is 3.66. The van der Waals surface area contributed by atoms with Crippen LogP contribution in [0.2, 0.25) is 0 Å². The van der Waals surface area contributed by atoms with Gasteiger partial charge in [-0.1, -0.05) is 18.2 Å². The highest BCUT2D eigenvalue weighted by Gasteiger charge is 2.21. The minimum Gasteiger partial charge on any atom is -0.338 e. The summed E-state index contributed by atoms with van der Waals surface area (Å²) in [7, 11) is 1.81. The molecule has 0 spiro atoms. The minimum atomic E-state index is -0.195. The average Bonchev–Trinajstić information content (AvgIpc) is 3.19. The fourth-order valence-electron chi connectivity index (χ4n) is 2.20. The largest absolute Gasteiger partial charge is 0.338 e. The summed E-state index contributed by atoms with van der Waals surface area (Å²) in [4.78, 5) is 15.0. The van der Waals surface area contributed by atoms with Gasteiger partial charge in [-0.2, -0.15) is 5.10 Å². The molecule has 0 radical (unpaired) electrons. The summed E-state index contributed by atoms with van der Waals surface area (Å²) in [5, 5.41) is 12.4. The van der Waals surface area contributed by atoms with E-state index in [0.717, 1.165) is 22.8 Å². The fourth-order valence-corrected chi connectivity index (χ4v) is 2.89. The third-order valence-electron chi connectivity index (χ3n) is 3.24. The van der Waals surface area contributed by atoms with Crippen molar-refractivity contribution >= 4 is 17.2 Å². The lowest BCUT2D eigenvalue weighted by atomic mass is 10.2. The predicted molar refractivity (Wildman–Crippen MR) is 79.3 cm³/mol. The van der Waals surface area contributed by atoms with E-state index in [9.17, 15) is 4.79 Å². The summed E-state index contributed by atoms with van der Waals surface area (Å²) in [6.07, 6.45) is 3.88. The van der Waals surface area contributed by atoms with Crippen LogP contribution in [-0.2, 0) is 11.3 Å². The van der Waals surface area contributed by atoms with Crippen LogP contribution in [-0.4, -0.2) is 40.6 Å². The van der Waals surface area contributed by atoms with Crippen molar-refractivity contribution in [3.05, 3.63) is 41.4 Å². The summed E-state index contributed by atoms with van der Waals surface area (Å²) >= 11 is 1.65. The van der Waals surface area contributed by atoms with Crippen LogP contribution < -0.4 is 5.32 Å². The fraction of sp³-hybridized carbons (Fsp3) is 0.286. The van der Waals surface area contributed by atoms with Gasteiger partial charge in [-0.25, -0.2) is 0 Å². The molecule has 0 saturated carbocycles. The number of hydrogen-bond acceptors (Lipinski definition) is 4. The lowest BCUT2D eigenvalue weighted by Crippen LogP contribution is -2.41. The second-order valence-electron chi connectivity index (χ2n) is 4.76. The number of carbonyl (C=O) groups is 1. The Hall–Kier alpha value is -1.92. The van der Waals surface area contributed by atoms with Crippen molar-refractivity contribution in [3.8, 4) is 10.6 Å². The van der Waals surface area contributed by atoms with E-state index in [-0.39, 0.29) is 11.9 Å². The number of thiophene rings is 1. The molecular weight excluding hydrogens is 272 g/mol. The lowest BCUT2D eigenvalue weighted by molar-refractivity contribution is -0.131. The molecule has 5 nitrogen and oxygen atoms in total. The van der Waals surface area contributed by atoms with Gasteiger partial charge < -0.3 is 4.90 Å². The van der Waals surface area contributed by atoms with E-state index in [1.807, 2.05) is 42.8 Å². The van der Waals surface area contributed by atoms with E-state index in [1.54, 1.807) is 16.2 Å². The first kappa shape index (κ1) is 13.1. The average molecular weight is 288 g/mol. The van der Waals surface area contributed by atoms with Crippen LogP contribution >= 0.6 is 11.3 Å². The molecule has 0 aliphatic carbocycles. The first-order valence-electron chi connectivity index (χ1n) is 6.47. The van der Waals surface area contributed by atoms with Gasteiger partial charge in [0.25, 0.3) is 0 Å². The van der Waals surface area contributed by atoms with Gasteiger partial charge in [0.15, 0.2) is 0 Å². The number of rotatable bonds is 4. The Labute approximate surface area is 121 Å². The van der Waals surface area contributed by atoms with Crippen LogP contribution in [0.3, 0.4) is 0 Å². The van der Waals surface area contributed by atoms with Gasteiger partial charge in [0, 0.05) is 13.6 Å². The molecule has 104 valence electrons. The molecule has 0 bridgehead atoms. The van der Waals surface area contributed by atoms with Crippen LogP contribution in [0.15, 0.2) is 35.7 Å². The van der Waals surface area contributed by atoms with Crippen molar-refractivity contribution < 1.29 is 4.79 Å². The maximum atomic E-state index is 12.2. The first-order valence-corrected chi connectivity index (χ1v) is 7.35. The molecule has 2 aromatic rings. The maximum Gasteiger partial charge on any atom is 0.243 e. The molecule has 2 aromatic heterocycles. The van der Waals surface area contributed by atoms with Crippen LogP contribution in [0.1, 0.15) is 5.69 Å². The Bertz CT molecular complexity index is 617. The highest BCUT2D eigenvalue weighted by atomic mass is 32.1. The van der Waals surface area contributed by atoms with Crippen molar-refractivity contribution in [1.82, 2.24) is 20.4 Å². The van der Waals surface area contributed by atoms with Gasteiger partial charge in [0.2, 0.25) is 5.91 Å². The van der Waals surface area contributed by atoms with Crippen molar-refractivity contribution in [1.29, 1.82) is 0 Å². The van der Waals surface area contributed by atoms with E-state index in [2.05, 4.69) is 15.5 Å². The van der Waals surface area contributed by atoms with Crippen LogP contribution in [0.25, 0.3) is 10.6 Å². The summed E-state index contributed by atoms with van der Waals surface area (Å²) in [6, 6.07) is 5.84. The van der Waals surface area contributed by atoms with Gasteiger partial charge in [-0.05, 0) is 17.5 Å². The predicted octanol–water partition coefficient (Wildman–Crippen LogP) is 1.62. The van der Waals surface area contributed by atoms with E-state index in [0.29, 0.717) is 6.54 Å². The molecule has 1 amide bonds. The van der Waals surface area contributed by atoms with E-state index < -0.39 is 0 Å². The standard InChI is InChI=1S/C14H16N4OS/c1-18(14(19)11-4-2-6-15-11)9-10-8-12(17-16-10)13-5-3-7-20-13/h2-5,7-8,11,15H,6,9H2,1H3,(H,16,17)/t11-/m0/s1. The molecule has 3 rings (SSSR count). The number of aromatic nitrogens is 2. The number of nitrogens with one attached hydrogen (secondary N) is 2. The zero-order chi connectivity index (χ0) is 13.9. The molecule has 0 fully saturated rings. The molecule has 6 heteroatoms. The van der Waals surface area contributed by atoms with Gasteiger partial charge in [0.1, 0.15) is 11.7 Å². The number of carbonyl (C=O) groups excluding carboxylic acids is 1. The summed E-state index contributed by atoms with van der Waals surface area (Å²) in [5.41, 5.74) is 1.86. The SMILES string of the molecule is CN(Cc1cc(-c2cccs2)n[nH]1)C(=O)[C@@H]1C=CCN1. The molecule has 3 heterocycles. The third-order valence-corrected chi connectivity index (χ3v) is 4.13. The second-order valence-corrected chi connectivity index (χ2v) is 5.71. The Balaban J connectivity index is 1.65. The van der Waals surface area contributed by atoms with Crippen LogP contribution in [0.4, 0.5) is 0 Å². The number of aromatic amines is 1. The van der Waals surface area contributed by atoms with Crippen molar-refractivity contribution in [2.75, 3.05) is 13.6 Å². The summed E-state index contributed by atoms with van der Waals surface area (Å²) in [5.74, 6) is 0.0750. The Morgan fingerprint density at radius 2 is 2.50 bits per heavy atom. The Morgan fingerprint density at radius 1 is 1.60 bits per heavy atom. The quantitative estimate of drug-likeness (QED) is 0.841. The van der Waals surface area contributed by atoms with Crippen molar-refractivity contribution in [3.63, 3.8) is 0 Å². The topological polar surface area (TPSA) is 61.0 Å². The molecule has 0 aromatic carbocycles. The number of amides is 1. The molecular formula is C14H16N4OS. The van der Waals surface area contributed by atoms with Gasteiger partial charge >= 0.3 is 0 Å². The lowest BCUT2D eigenvalue weighted by Gasteiger charge is -2.19. The molecule has 1 aliphatic heterocycles. The van der Waals surface area contributed by atoms with E-state index >= 15 is 0 Å². The zero-order valence-electron chi connectivity index (χ0n) is 11.2. The van der Waals surface area contributed by atoms with Crippen molar-refractivity contribution in [2.24, 2.45) is 0 Å². The molecule has 0 unspecified atom stereocenters. The zero-order valence-corrected chi connectivity index (χ0v) is 12.0. The normalized spacial score (nSPS) is 17.6. The highest BCUT2D eigenvalue weighted by Crippen LogP contribution is 2.23. The molecule has 1 atom stereocenters. The van der Waals surface area contributed by atoms with Crippen molar-refractivity contribution in [2.45, 2.75) is 12.6 Å². The van der Waals surface area contributed by atoms with E-state index in [4.69, 9.17) is 0 Å². The number of nitrogens with zero attached hydrogens (tertiary/aromatic N) is 2. The minimum absolute atomic E-state index is 0.0750. The summed E-state index contributed by atoms with van der Waals surface area (Å²) in [6.45, 7) is 1.29. The molecule has 1 aliphatic rings. The molecule has 20 heavy (non-hydrogen) atoms. The van der Waals surface area contributed by atoms with Gasteiger partial charge in [0.05, 0.1) is 17.1 Å². The monoisotopic (exact) mass is 288 g/mol. The second kappa shape index (κ2) is 5.60. The third kappa shape index (κ3) is 2.66. The van der Waals surface area contributed by atoms with Crippen LogP contribution in [0, 0.1) is 0 Å². The number of hydrogen-bond donors (Lipinski definition) is 2. The smallest absolute Gasteiger partial charge is 0.243 e. The number of H-pyrrole nitrogens is 1. The first-order chi connectivity index (χ1) is 9.74. The Morgan fingerprint density at radius 3 is 3.20 bits per heavy atom. The van der Waals surface area contributed by atoms with Gasteiger partial charge in [-0.3, -0.25) is 15.2 Å². The van der Waals surface area contributed by atoms with Gasteiger partial charge in [-0.15, -0.1) is 11.3 Å². The number of likely N-dealkylation sites (N-methyl/N-ethyl adjacent to an activating group) is 1. The highest BCUT2D eigenvalue weighted by molar-refractivity contribution is 7.13. The van der Waals surface area contributed by atoms with Crippen LogP contribution in [0.5, 0.6) is 0 Å². The molecule has 0 saturated heterocycles. The summed E-state index contributed by atoms with van der Waals surface area (Å²) < 4.78 is 0. The molecule has 2 N–H and O–H groups in total. The van der Waals surface area contributed by atoms with E-state index in [1.165, 1.54) is 0 Å².